The normalized spacial score (nSPS) is 12.1. The van der Waals surface area contributed by atoms with Gasteiger partial charge in [0.25, 0.3) is 0 Å². The van der Waals surface area contributed by atoms with E-state index < -0.39 is 16.6 Å². The van der Waals surface area contributed by atoms with E-state index in [0.717, 1.165) is 6.07 Å². The van der Waals surface area contributed by atoms with E-state index in [1.54, 1.807) is 18.2 Å². The van der Waals surface area contributed by atoms with Gasteiger partial charge in [0.1, 0.15) is 5.82 Å². The summed E-state index contributed by atoms with van der Waals surface area (Å²) >= 11 is 0. The molecule has 1 heterocycles. The first-order valence-electron chi connectivity index (χ1n) is 5.53. The number of ether oxygens (including phenoxy) is 1. The third-order valence-electron chi connectivity index (χ3n) is 2.49. The number of methoxy groups -OCH3 is 1. The van der Waals surface area contributed by atoms with Crippen LogP contribution in [0.2, 0.25) is 0 Å². The van der Waals surface area contributed by atoms with Crippen LogP contribution in [0.25, 0.3) is 0 Å². The molecule has 0 saturated heterocycles. The molecule has 0 amide bonds. The van der Waals surface area contributed by atoms with Gasteiger partial charge in [0.2, 0.25) is 5.88 Å². The van der Waals surface area contributed by atoms with Gasteiger partial charge in [-0.15, -0.1) is 0 Å². The lowest BCUT2D eigenvalue weighted by Gasteiger charge is -2.06. The molecule has 0 saturated carbocycles. The van der Waals surface area contributed by atoms with E-state index in [1.807, 2.05) is 0 Å². The number of nitrogen functional groups attached to an aromatic ring is 1. The van der Waals surface area contributed by atoms with Crippen molar-refractivity contribution >= 4 is 16.5 Å². The minimum Gasteiger partial charge on any atom is -0.481 e. The molecule has 0 bridgehead atoms. The third-order valence-corrected chi connectivity index (χ3v) is 3.91. The maximum atomic E-state index is 12.9. The predicted octanol–water partition coefficient (Wildman–Crippen LogP) is 2.12. The van der Waals surface area contributed by atoms with Gasteiger partial charge in [-0.25, -0.2) is 9.37 Å². The van der Waals surface area contributed by atoms with Crippen LogP contribution in [0.3, 0.4) is 0 Å². The summed E-state index contributed by atoms with van der Waals surface area (Å²) < 4.78 is 30.1. The number of hydrogen-bond acceptors (Lipinski definition) is 4. The lowest BCUT2D eigenvalue weighted by Crippen LogP contribution is -2.03. The lowest BCUT2D eigenvalue weighted by molar-refractivity contribution is 0.397. The number of benzene rings is 1. The molecule has 100 valence electrons. The van der Waals surface area contributed by atoms with Crippen LogP contribution in [0, 0.1) is 5.82 Å². The maximum absolute atomic E-state index is 12.9. The Balaban J connectivity index is 2.20. The van der Waals surface area contributed by atoms with Crippen LogP contribution in [0.1, 0.15) is 5.69 Å². The average Bonchev–Trinajstić information content (AvgIpc) is 2.38. The van der Waals surface area contributed by atoms with Crippen LogP contribution in [-0.2, 0) is 16.6 Å². The number of rotatable bonds is 4. The second kappa shape index (κ2) is 5.79. The Morgan fingerprint density at radius 2 is 2.16 bits per heavy atom. The molecule has 6 heteroatoms. The average molecular weight is 280 g/mol. The first-order chi connectivity index (χ1) is 9.10. The van der Waals surface area contributed by atoms with Crippen LogP contribution < -0.4 is 10.5 Å². The van der Waals surface area contributed by atoms with E-state index in [4.69, 9.17) is 10.5 Å². The van der Waals surface area contributed by atoms with Crippen molar-refractivity contribution in [1.29, 1.82) is 0 Å². The van der Waals surface area contributed by atoms with Crippen molar-refractivity contribution in [3.8, 4) is 5.88 Å². The molecule has 1 aromatic heterocycles. The van der Waals surface area contributed by atoms with Gasteiger partial charge in [-0.3, -0.25) is 4.21 Å². The summed E-state index contributed by atoms with van der Waals surface area (Å²) in [5.41, 5.74) is 6.46. The van der Waals surface area contributed by atoms with E-state index in [9.17, 15) is 8.60 Å². The van der Waals surface area contributed by atoms with Crippen molar-refractivity contribution in [2.24, 2.45) is 0 Å². The molecule has 1 atom stereocenters. The Bertz CT molecular complexity index is 619. The van der Waals surface area contributed by atoms with Crippen LogP contribution in [0.4, 0.5) is 10.1 Å². The highest BCUT2D eigenvalue weighted by molar-refractivity contribution is 7.84. The highest BCUT2D eigenvalue weighted by Gasteiger charge is 2.11. The van der Waals surface area contributed by atoms with Crippen LogP contribution in [-0.4, -0.2) is 16.3 Å². The monoisotopic (exact) mass is 280 g/mol. The van der Waals surface area contributed by atoms with E-state index >= 15 is 0 Å². The SMILES string of the molecule is COc1cccc(CS(=O)c2ccc(F)cc2N)n1. The number of pyridine rings is 1. The van der Waals surface area contributed by atoms with Gasteiger partial charge in [-0.1, -0.05) is 6.07 Å². The fraction of sp³-hybridized carbons (Fsp3) is 0.154. The Morgan fingerprint density at radius 3 is 2.84 bits per heavy atom. The summed E-state index contributed by atoms with van der Waals surface area (Å²) in [6.07, 6.45) is 0. The summed E-state index contributed by atoms with van der Waals surface area (Å²) in [7, 11) is 0.141. The zero-order valence-corrected chi connectivity index (χ0v) is 11.1. The molecule has 0 spiro atoms. The van der Waals surface area contributed by atoms with Crippen molar-refractivity contribution in [2.45, 2.75) is 10.6 Å². The van der Waals surface area contributed by atoms with Crippen LogP contribution >= 0.6 is 0 Å². The molecule has 19 heavy (non-hydrogen) atoms. The molecule has 4 nitrogen and oxygen atoms in total. The van der Waals surface area contributed by atoms with Crippen molar-refractivity contribution in [3.63, 3.8) is 0 Å². The lowest BCUT2D eigenvalue weighted by atomic mass is 10.3. The molecular formula is C13H13FN2O2S. The van der Waals surface area contributed by atoms with Gasteiger partial charge < -0.3 is 10.5 Å². The van der Waals surface area contributed by atoms with E-state index in [0.29, 0.717) is 16.5 Å². The standard InChI is InChI=1S/C13H13FN2O2S/c1-18-13-4-2-3-10(16-13)8-19(17)12-6-5-9(14)7-11(12)15/h2-7H,8,15H2,1H3. The summed E-state index contributed by atoms with van der Waals surface area (Å²) in [4.78, 5) is 4.58. The molecule has 0 fully saturated rings. The molecule has 0 radical (unpaired) electrons. The number of anilines is 1. The number of aromatic nitrogens is 1. The molecule has 2 N–H and O–H groups in total. The van der Waals surface area contributed by atoms with Crippen LogP contribution in [0.5, 0.6) is 5.88 Å². The predicted molar refractivity (Wildman–Crippen MR) is 71.7 cm³/mol. The smallest absolute Gasteiger partial charge is 0.213 e. The minimum atomic E-state index is -1.37. The van der Waals surface area contributed by atoms with E-state index in [2.05, 4.69) is 4.98 Å². The maximum Gasteiger partial charge on any atom is 0.213 e. The van der Waals surface area contributed by atoms with E-state index in [-0.39, 0.29) is 11.4 Å². The second-order valence-corrected chi connectivity index (χ2v) is 5.26. The zero-order valence-electron chi connectivity index (χ0n) is 10.3. The van der Waals surface area contributed by atoms with Crippen LogP contribution in [0.15, 0.2) is 41.3 Å². The summed E-state index contributed by atoms with van der Waals surface area (Å²) in [6.45, 7) is 0. The molecule has 2 aromatic rings. The number of halogens is 1. The van der Waals surface area contributed by atoms with Crippen molar-refractivity contribution < 1.29 is 13.3 Å². The Labute approximate surface area is 112 Å². The quantitative estimate of drug-likeness (QED) is 0.871. The topological polar surface area (TPSA) is 65.2 Å². The molecule has 0 aliphatic rings. The van der Waals surface area contributed by atoms with E-state index in [1.165, 1.54) is 19.2 Å². The Hall–Kier alpha value is -1.95. The fourth-order valence-corrected chi connectivity index (χ4v) is 2.72. The highest BCUT2D eigenvalue weighted by atomic mass is 32.2. The summed E-state index contributed by atoms with van der Waals surface area (Å²) in [6, 6.07) is 9.06. The van der Waals surface area contributed by atoms with Crippen molar-refractivity contribution in [2.75, 3.05) is 12.8 Å². The number of nitrogens with two attached hydrogens (primary N) is 1. The van der Waals surface area contributed by atoms with Crippen molar-refractivity contribution in [1.82, 2.24) is 4.98 Å². The number of hydrogen-bond donors (Lipinski definition) is 1. The van der Waals surface area contributed by atoms with Gasteiger partial charge in [-0.05, 0) is 24.3 Å². The molecule has 1 aromatic carbocycles. The Morgan fingerprint density at radius 1 is 1.37 bits per heavy atom. The summed E-state index contributed by atoms with van der Waals surface area (Å²) in [5, 5.41) is 0. The third kappa shape index (κ3) is 3.29. The molecule has 1 unspecified atom stereocenters. The van der Waals surface area contributed by atoms with Gasteiger partial charge in [0.05, 0.1) is 39.9 Å². The largest absolute Gasteiger partial charge is 0.481 e. The Kier molecular flexibility index (Phi) is 4.11. The second-order valence-electron chi connectivity index (χ2n) is 3.84. The van der Waals surface area contributed by atoms with Gasteiger partial charge >= 0.3 is 0 Å². The minimum absolute atomic E-state index is 0.182. The molecule has 0 aliphatic carbocycles. The fourth-order valence-electron chi connectivity index (χ4n) is 1.59. The molecular weight excluding hydrogens is 267 g/mol. The zero-order chi connectivity index (χ0) is 13.8. The first-order valence-corrected chi connectivity index (χ1v) is 6.85. The van der Waals surface area contributed by atoms with Gasteiger partial charge in [0.15, 0.2) is 0 Å². The highest BCUT2D eigenvalue weighted by Crippen LogP contribution is 2.20. The van der Waals surface area contributed by atoms with Gasteiger partial charge in [-0.2, -0.15) is 0 Å². The molecule has 0 aliphatic heterocycles. The first kappa shape index (κ1) is 13.5. The number of nitrogens with zero attached hydrogens (tertiary/aromatic N) is 1. The van der Waals surface area contributed by atoms with Gasteiger partial charge in [0, 0.05) is 6.07 Å². The molecule has 2 rings (SSSR count). The summed E-state index contributed by atoms with van der Waals surface area (Å²) in [5.74, 6) is 0.215. The van der Waals surface area contributed by atoms with Crippen molar-refractivity contribution in [3.05, 3.63) is 47.9 Å².